The smallest absolute Gasteiger partial charge is 0.377 e. The fourth-order valence-electron chi connectivity index (χ4n) is 6.53. The van der Waals surface area contributed by atoms with Crippen molar-refractivity contribution in [2.24, 2.45) is 0 Å². The molecule has 3 heterocycles. The molecule has 0 aliphatic carbocycles. The number of aromatic nitrogens is 1. The molecular formula is C38H32N2O12. The number of ether oxygens (including phenoxy) is 4. The molecule has 2 aliphatic rings. The van der Waals surface area contributed by atoms with E-state index in [0.717, 1.165) is 16.3 Å². The number of benzene rings is 4. The second-order valence-corrected chi connectivity index (χ2v) is 12.4. The molecule has 52 heavy (non-hydrogen) atoms. The van der Waals surface area contributed by atoms with Crippen molar-refractivity contribution in [2.75, 3.05) is 6.79 Å². The summed E-state index contributed by atoms with van der Waals surface area (Å²) in [6.45, 7) is 1.71. The van der Waals surface area contributed by atoms with Gasteiger partial charge in [-0.05, 0) is 71.7 Å². The molecule has 266 valence electrons. The van der Waals surface area contributed by atoms with E-state index in [2.05, 4.69) is 4.98 Å². The lowest BCUT2D eigenvalue weighted by Crippen LogP contribution is -2.51. The van der Waals surface area contributed by atoms with Crippen LogP contribution in [0.15, 0.2) is 95.4 Å². The second kappa shape index (κ2) is 13.8. The molecule has 0 bridgehead atoms. The lowest BCUT2D eigenvalue weighted by molar-refractivity contribution is -0.221. The van der Waals surface area contributed by atoms with Crippen LogP contribution in [0.1, 0.15) is 36.3 Å². The van der Waals surface area contributed by atoms with Crippen molar-refractivity contribution < 1.29 is 57.9 Å². The van der Waals surface area contributed by atoms with Crippen LogP contribution < -0.4 is 9.47 Å². The Morgan fingerprint density at radius 3 is 2.33 bits per heavy atom. The van der Waals surface area contributed by atoms with Crippen molar-refractivity contribution in [1.82, 2.24) is 9.88 Å². The third kappa shape index (κ3) is 6.40. The van der Waals surface area contributed by atoms with E-state index >= 15 is 0 Å². The summed E-state index contributed by atoms with van der Waals surface area (Å²) in [6.07, 6.45) is -0.511. The van der Waals surface area contributed by atoms with E-state index < -0.39 is 53.8 Å². The quantitative estimate of drug-likeness (QED) is 0.146. The summed E-state index contributed by atoms with van der Waals surface area (Å²) in [5.41, 5.74) is 2.69. The Kier molecular flexibility index (Phi) is 9.09. The summed E-state index contributed by atoms with van der Waals surface area (Å²) in [6, 6.07) is 25.1. The van der Waals surface area contributed by atoms with Gasteiger partial charge in [0.25, 0.3) is 5.91 Å². The van der Waals surface area contributed by atoms with Crippen LogP contribution in [0.3, 0.4) is 0 Å². The Labute approximate surface area is 295 Å². The van der Waals surface area contributed by atoms with Crippen molar-refractivity contribution in [3.63, 3.8) is 0 Å². The summed E-state index contributed by atoms with van der Waals surface area (Å²) in [4.78, 5) is 57.0. The van der Waals surface area contributed by atoms with Crippen LogP contribution in [0, 0.1) is 0 Å². The Morgan fingerprint density at radius 1 is 0.865 bits per heavy atom. The number of nitrogens with zero attached hydrogens (tertiary/aromatic N) is 2. The predicted molar refractivity (Wildman–Crippen MR) is 182 cm³/mol. The SMILES string of the molecule is C[C@H]([C@H](C/C=C/c1nc2ccccc2o1)c1ccc2c(c1)OCO2)N(Cc1ccc2ccccc2c1)C(=O)[C@H]1OC(C(=O)O)(C(=O)O)O[C@@H]1C(=O)O. The van der Waals surface area contributed by atoms with Crippen LogP contribution in [0.4, 0.5) is 0 Å². The van der Waals surface area contributed by atoms with Crippen LogP contribution in [-0.2, 0) is 35.2 Å². The Hall–Kier alpha value is -6.25. The number of allylic oxidation sites excluding steroid dienone is 1. The van der Waals surface area contributed by atoms with Gasteiger partial charge in [0.2, 0.25) is 12.7 Å². The molecule has 14 heteroatoms. The second-order valence-electron chi connectivity index (χ2n) is 12.4. The van der Waals surface area contributed by atoms with Gasteiger partial charge in [-0.25, -0.2) is 19.4 Å². The molecule has 0 spiro atoms. The van der Waals surface area contributed by atoms with Crippen molar-refractivity contribution in [2.45, 2.75) is 49.8 Å². The van der Waals surface area contributed by atoms with Gasteiger partial charge in [0.05, 0.1) is 0 Å². The number of oxazole rings is 1. The number of carboxylic acid groups (broad SMARTS) is 3. The standard InChI is InChI=1S/C38H32N2O12/c1-21(26(25-15-16-29-30(18-25)49-20-48-29)9-6-12-31-39-27-10-4-5-11-28(27)50-31)40(19-22-13-14-23-7-2-3-8-24(23)17-22)34(41)32-33(35(42)43)52-38(51-32,36(44)45)37(46)47/h2-8,10-18,21,26,32-33H,9,19-20H2,1H3,(H,42,43)(H,44,45)(H,46,47)/b12-6+/t21-,26+,32+,33+/m1/s1. The van der Waals surface area contributed by atoms with Gasteiger partial charge in [0.15, 0.2) is 29.3 Å². The Balaban J connectivity index is 1.29. The fourth-order valence-corrected chi connectivity index (χ4v) is 6.53. The first-order valence-corrected chi connectivity index (χ1v) is 16.3. The van der Waals surface area contributed by atoms with E-state index in [0.29, 0.717) is 40.5 Å². The van der Waals surface area contributed by atoms with Crippen LogP contribution in [0.2, 0.25) is 0 Å². The van der Waals surface area contributed by atoms with Crippen molar-refractivity contribution in [3.8, 4) is 11.5 Å². The highest BCUT2D eigenvalue weighted by Gasteiger charge is 2.64. The van der Waals surface area contributed by atoms with Gasteiger partial charge in [-0.3, -0.25) is 4.79 Å². The number of fused-ring (bicyclic) bond motifs is 3. The molecule has 5 aromatic rings. The zero-order valence-electron chi connectivity index (χ0n) is 27.6. The minimum atomic E-state index is -3.42. The molecule has 0 radical (unpaired) electrons. The highest BCUT2D eigenvalue weighted by atomic mass is 16.8. The van der Waals surface area contributed by atoms with Crippen LogP contribution in [-0.4, -0.2) is 79.8 Å². The minimum absolute atomic E-state index is 0.0354. The number of hydrogen-bond acceptors (Lipinski definition) is 10. The molecule has 1 aromatic heterocycles. The number of hydrogen-bond donors (Lipinski definition) is 3. The van der Waals surface area contributed by atoms with E-state index in [-0.39, 0.29) is 13.3 Å². The van der Waals surface area contributed by atoms with E-state index in [1.54, 1.807) is 31.2 Å². The number of carbonyl (C=O) groups excluding carboxylic acids is 1. The first kappa shape index (κ1) is 34.2. The maximum absolute atomic E-state index is 14.6. The molecule has 7 rings (SSSR count). The maximum Gasteiger partial charge on any atom is 0.377 e. The number of para-hydroxylation sites is 2. The lowest BCUT2D eigenvalue weighted by Gasteiger charge is -2.36. The highest BCUT2D eigenvalue weighted by molar-refractivity contribution is 6.02. The first-order chi connectivity index (χ1) is 25.0. The fraction of sp³-hybridized carbons (Fsp3) is 0.237. The molecular weight excluding hydrogens is 676 g/mol. The molecule has 4 atom stereocenters. The van der Waals surface area contributed by atoms with E-state index in [4.69, 9.17) is 23.4 Å². The molecule has 14 nitrogen and oxygen atoms in total. The largest absolute Gasteiger partial charge is 0.479 e. The Bertz CT molecular complexity index is 2180. The number of amides is 1. The Morgan fingerprint density at radius 2 is 1.58 bits per heavy atom. The lowest BCUT2D eigenvalue weighted by atomic mass is 9.87. The van der Waals surface area contributed by atoms with Crippen molar-refractivity contribution >= 4 is 51.8 Å². The van der Waals surface area contributed by atoms with Crippen molar-refractivity contribution in [1.29, 1.82) is 0 Å². The number of rotatable bonds is 12. The van der Waals surface area contributed by atoms with Gasteiger partial charge in [0, 0.05) is 18.5 Å². The van der Waals surface area contributed by atoms with Gasteiger partial charge in [0.1, 0.15) is 5.52 Å². The van der Waals surface area contributed by atoms with Crippen LogP contribution in [0.5, 0.6) is 11.5 Å². The third-order valence-corrected chi connectivity index (χ3v) is 9.22. The topological polar surface area (TPSA) is 195 Å². The summed E-state index contributed by atoms with van der Waals surface area (Å²) >= 11 is 0. The summed E-state index contributed by atoms with van der Waals surface area (Å²) in [5, 5.41) is 31.4. The molecule has 4 aromatic carbocycles. The zero-order valence-corrected chi connectivity index (χ0v) is 27.6. The van der Waals surface area contributed by atoms with Gasteiger partial charge in [-0.15, -0.1) is 0 Å². The van der Waals surface area contributed by atoms with Gasteiger partial charge >= 0.3 is 23.7 Å². The van der Waals surface area contributed by atoms with E-state index in [1.165, 1.54) is 4.90 Å². The van der Waals surface area contributed by atoms with Gasteiger partial charge in [-0.1, -0.05) is 60.7 Å². The maximum atomic E-state index is 14.6. The summed E-state index contributed by atoms with van der Waals surface area (Å²) in [7, 11) is 0. The molecule has 2 aliphatic heterocycles. The molecule has 0 saturated carbocycles. The predicted octanol–water partition coefficient (Wildman–Crippen LogP) is 5.05. The number of aliphatic carboxylic acids is 3. The monoisotopic (exact) mass is 708 g/mol. The van der Waals surface area contributed by atoms with Crippen molar-refractivity contribution in [3.05, 3.63) is 108 Å². The molecule has 1 amide bonds. The molecule has 1 fully saturated rings. The molecule has 1 saturated heterocycles. The van der Waals surface area contributed by atoms with Gasteiger partial charge in [-0.2, -0.15) is 0 Å². The molecule has 3 N–H and O–H groups in total. The third-order valence-electron chi connectivity index (χ3n) is 9.22. The zero-order chi connectivity index (χ0) is 36.6. The first-order valence-electron chi connectivity index (χ1n) is 16.3. The van der Waals surface area contributed by atoms with E-state index in [1.807, 2.05) is 72.8 Å². The number of carbonyl (C=O) groups is 4. The van der Waals surface area contributed by atoms with Gasteiger partial charge < -0.3 is 43.6 Å². The average Bonchev–Trinajstić information content (AvgIpc) is 3.89. The average molecular weight is 709 g/mol. The summed E-state index contributed by atoms with van der Waals surface area (Å²) < 4.78 is 27.3. The van der Waals surface area contributed by atoms with Crippen LogP contribution >= 0.6 is 0 Å². The molecule has 0 unspecified atom stereocenters. The van der Waals surface area contributed by atoms with Crippen LogP contribution in [0.25, 0.3) is 27.9 Å². The normalized spacial score (nSPS) is 18.8. The number of carboxylic acids is 3. The van der Waals surface area contributed by atoms with E-state index in [9.17, 15) is 34.5 Å². The minimum Gasteiger partial charge on any atom is -0.479 e. The highest BCUT2D eigenvalue weighted by Crippen LogP contribution is 2.39. The summed E-state index contributed by atoms with van der Waals surface area (Å²) in [5.74, 6) is -9.50.